The van der Waals surface area contributed by atoms with Crippen molar-refractivity contribution in [3.63, 3.8) is 0 Å². The largest absolute Gasteiger partial charge is 0.508 e. The maximum atomic E-state index is 9.42. The molecule has 3 nitrogen and oxygen atoms in total. The summed E-state index contributed by atoms with van der Waals surface area (Å²) < 4.78 is 0. The number of nitrogens with one attached hydrogen (secondary N) is 2. The van der Waals surface area contributed by atoms with Crippen LogP contribution < -0.4 is 10.6 Å². The molecule has 1 aliphatic carbocycles. The smallest absolute Gasteiger partial charge is 0.111 e. The summed E-state index contributed by atoms with van der Waals surface area (Å²) >= 11 is 0. The molecule has 112 valence electrons. The molecule has 0 spiro atoms. The van der Waals surface area contributed by atoms with E-state index in [9.17, 15) is 5.11 Å². The molecular weight excluding hydrogens is 272 g/mol. The highest BCUT2D eigenvalue weighted by molar-refractivity contribution is 5.62. The number of aliphatic hydroxyl groups excluding tert-OH is 1. The van der Waals surface area contributed by atoms with Gasteiger partial charge in [-0.25, -0.2) is 0 Å². The van der Waals surface area contributed by atoms with Crippen LogP contribution in [0, 0.1) is 0 Å². The van der Waals surface area contributed by atoms with Crippen LogP contribution >= 0.6 is 0 Å². The fourth-order valence-corrected chi connectivity index (χ4v) is 2.47. The van der Waals surface area contributed by atoms with Crippen molar-refractivity contribution in [1.82, 2.24) is 0 Å². The molecule has 0 aliphatic heterocycles. The first kappa shape index (κ1) is 14.3. The first-order valence-electron chi connectivity index (χ1n) is 7.42. The summed E-state index contributed by atoms with van der Waals surface area (Å²) in [6, 6.07) is 18.3. The number of anilines is 3. The van der Waals surface area contributed by atoms with Gasteiger partial charge in [-0.2, -0.15) is 0 Å². The number of allylic oxidation sites excluding steroid dienone is 1. The second-order valence-corrected chi connectivity index (χ2v) is 5.78. The lowest BCUT2D eigenvalue weighted by Crippen LogP contribution is -2.33. The van der Waals surface area contributed by atoms with E-state index in [0.29, 0.717) is 5.76 Å². The molecule has 0 saturated carbocycles. The van der Waals surface area contributed by atoms with Crippen LogP contribution in [0.2, 0.25) is 0 Å². The quantitative estimate of drug-likeness (QED) is 0.742. The molecule has 1 atom stereocenters. The standard InChI is InChI=1S/C19H20N2O/c1-19(13-11-18(22)12-14-19)21-17-9-7-16(8-10-17)20-15-5-3-2-4-6-15/h2-13,20-22H,14H2,1H3. The molecule has 0 radical (unpaired) electrons. The van der Waals surface area contributed by atoms with Gasteiger partial charge >= 0.3 is 0 Å². The van der Waals surface area contributed by atoms with E-state index in [2.05, 4.69) is 41.8 Å². The van der Waals surface area contributed by atoms with Gasteiger partial charge in [-0.15, -0.1) is 0 Å². The van der Waals surface area contributed by atoms with E-state index in [1.807, 2.05) is 42.5 Å². The Morgan fingerprint density at radius 2 is 1.55 bits per heavy atom. The van der Waals surface area contributed by atoms with Crippen molar-refractivity contribution in [1.29, 1.82) is 0 Å². The van der Waals surface area contributed by atoms with Crippen molar-refractivity contribution >= 4 is 17.1 Å². The van der Waals surface area contributed by atoms with E-state index in [0.717, 1.165) is 23.5 Å². The number of rotatable bonds is 4. The lowest BCUT2D eigenvalue weighted by atomic mass is 9.92. The molecule has 3 N–H and O–H groups in total. The van der Waals surface area contributed by atoms with Crippen molar-refractivity contribution in [3.05, 3.63) is 78.6 Å². The van der Waals surface area contributed by atoms with Gasteiger partial charge in [0.05, 0.1) is 5.54 Å². The van der Waals surface area contributed by atoms with E-state index in [4.69, 9.17) is 0 Å². The molecule has 0 bridgehead atoms. The summed E-state index contributed by atoms with van der Waals surface area (Å²) in [4.78, 5) is 0. The highest BCUT2D eigenvalue weighted by atomic mass is 16.3. The zero-order valence-electron chi connectivity index (χ0n) is 12.6. The number of para-hydroxylation sites is 1. The minimum atomic E-state index is -0.166. The summed E-state index contributed by atoms with van der Waals surface area (Å²) in [5, 5.41) is 16.3. The Morgan fingerprint density at radius 3 is 2.18 bits per heavy atom. The van der Waals surface area contributed by atoms with E-state index in [1.165, 1.54) is 0 Å². The number of benzene rings is 2. The third kappa shape index (κ3) is 3.50. The van der Waals surface area contributed by atoms with Gasteiger partial charge < -0.3 is 15.7 Å². The maximum Gasteiger partial charge on any atom is 0.111 e. The predicted molar refractivity (Wildman–Crippen MR) is 92.7 cm³/mol. The van der Waals surface area contributed by atoms with Crippen LogP contribution in [0.15, 0.2) is 78.6 Å². The molecule has 1 aliphatic rings. The molecule has 0 heterocycles. The van der Waals surface area contributed by atoms with Crippen LogP contribution in [0.25, 0.3) is 0 Å². The number of hydrogen-bond acceptors (Lipinski definition) is 3. The molecule has 3 rings (SSSR count). The molecule has 2 aromatic carbocycles. The van der Waals surface area contributed by atoms with Crippen LogP contribution in [-0.2, 0) is 0 Å². The van der Waals surface area contributed by atoms with Crippen molar-refractivity contribution in [2.24, 2.45) is 0 Å². The summed E-state index contributed by atoms with van der Waals surface area (Å²) in [5.74, 6) is 0.335. The van der Waals surface area contributed by atoms with Crippen LogP contribution in [0.4, 0.5) is 17.1 Å². The van der Waals surface area contributed by atoms with Crippen LogP contribution in [0.5, 0.6) is 0 Å². The minimum absolute atomic E-state index is 0.166. The van der Waals surface area contributed by atoms with Crippen molar-refractivity contribution < 1.29 is 5.11 Å². The SMILES string of the molecule is CC1(Nc2ccc(Nc3ccccc3)cc2)C=CC(O)=CC1. The van der Waals surface area contributed by atoms with Gasteiger partial charge in [-0.3, -0.25) is 0 Å². The average molecular weight is 292 g/mol. The Morgan fingerprint density at radius 1 is 0.909 bits per heavy atom. The molecule has 3 heteroatoms. The first-order chi connectivity index (χ1) is 10.6. The molecule has 0 aromatic heterocycles. The Bertz CT molecular complexity index is 689. The van der Waals surface area contributed by atoms with Gasteiger partial charge in [0.25, 0.3) is 0 Å². The fraction of sp³-hybridized carbons (Fsp3) is 0.158. The molecule has 22 heavy (non-hydrogen) atoms. The second kappa shape index (κ2) is 5.98. The Balaban J connectivity index is 1.66. The normalized spacial score (nSPS) is 20.3. The topological polar surface area (TPSA) is 44.3 Å². The molecule has 0 amide bonds. The average Bonchev–Trinajstić information content (AvgIpc) is 2.54. The van der Waals surface area contributed by atoms with E-state index < -0.39 is 0 Å². The van der Waals surface area contributed by atoms with Gasteiger partial charge in [0.1, 0.15) is 5.76 Å². The van der Waals surface area contributed by atoms with Gasteiger partial charge in [0, 0.05) is 17.1 Å². The zero-order chi connectivity index (χ0) is 15.4. The van der Waals surface area contributed by atoms with Crippen LogP contribution in [0.1, 0.15) is 13.3 Å². The maximum absolute atomic E-state index is 9.42. The molecular formula is C19H20N2O. The minimum Gasteiger partial charge on any atom is -0.508 e. The number of hydrogen-bond donors (Lipinski definition) is 3. The third-order valence-corrected chi connectivity index (χ3v) is 3.73. The predicted octanol–water partition coefficient (Wildman–Crippen LogP) is 5.00. The molecule has 1 unspecified atom stereocenters. The summed E-state index contributed by atoms with van der Waals surface area (Å²) in [6.45, 7) is 2.11. The van der Waals surface area contributed by atoms with Gasteiger partial charge in [-0.05, 0) is 61.9 Å². The van der Waals surface area contributed by atoms with E-state index in [1.54, 1.807) is 6.08 Å². The van der Waals surface area contributed by atoms with Crippen LogP contribution in [-0.4, -0.2) is 10.6 Å². The number of aliphatic hydroxyl groups is 1. The highest BCUT2D eigenvalue weighted by Crippen LogP contribution is 2.26. The zero-order valence-corrected chi connectivity index (χ0v) is 12.6. The monoisotopic (exact) mass is 292 g/mol. The fourth-order valence-electron chi connectivity index (χ4n) is 2.47. The Hall–Kier alpha value is -2.68. The van der Waals surface area contributed by atoms with E-state index in [-0.39, 0.29) is 5.54 Å². The van der Waals surface area contributed by atoms with E-state index >= 15 is 0 Å². The Labute approximate surface area is 131 Å². The second-order valence-electron chi connectivity index (χ2n) is 5.78. The lowest BCUT2D eigenvalue weighted by molar-refractivity contribution is 0.420. The Kier molecular flexibility index (Phi) is 3.88. The molecule has 0 saturated heterocycles. The lowest BCUT2D eigenvalue weighted by Gasteiger charge is -2.29. The molecule has 0 fully saturated rings. The summed E-state index contributed by atoms with van der Waals surface area (Å²) in [6.07, 6.45) is 6.33. The molecule has 2 aromatic rings. The van der Waals surface area contributed by atoms with Crippen molar-refractivity contribution in [2.75, 3.05) is 10.6 Å². The van der Waals surface area contributed by atoms with Gasteiger partial charge in [0.15, 0.2) is 0 Å². The van der Waals surface area contributed by atoms with Gasteiger partial charge in [0.2, 0.25) is 0 Å². The van der Waals surface area contributed by atoms with Crippen LogP contribution in [0.3, 0.4) is 0 Å². The van der Waals surface area contributed by atoms with Crippen molar-refractivity contribution in [3.8, 4) is 0 Å². The summed E-state index contributed by atoms with van der Waals surface area (Å²) in [5.41, 5.74) is 3.02. The van der Waals surface area contributed by atoms with Gasteiger partial charge in [-0.1, -0.05) is 24.3 Å². The summed E-state index contributed by atoms with van der Waals surface area (Å²) in [7, 11) is 0. The highest BCUT2D eigenvalue weighted by Gasteiger charge is 2.22. The third-order valence-electron chi connectivity index (χ3n) is 3.73. The van der Waals surface area contributed by atoms with Crippen molar-refractivity contribution in [2.45, 2.75) is 18.9 Å². The first-order valence-corrected chi connectivity index (χ1v) is 7.42.